The van der Waals surface area contributed by atoms with Crippen molar-refractivity contribution in [2.75, 3.05) is 13.7 Å². The SMILES string of the molecule is COc1ccc(CNC(=O)NC2CC3(C2)CC(C(=O)NCC(C)(C)c2ccccc2C)C3)cc1. The fourth-order valence-corrected chi connectivity index (χ4v) is 5.63. The number of carbonyl (C=O) groups excluding carboxylic acids is 2. The lowest BCUT2D eigenvalue weighted by molar-refractivity contribution is -0.138. The minimum absolute atomic E-state index is 0.0949. The molecule has 0 aromatic heterocycles. The number of nitrogens with one attached hydrogen (secondary N) is 3. The highest BCUT2D eigenvalue weighted by molar-refractivity contribution is 5.80. The van der Waals surface area contributed by atoms with Crippen LogP contribution in [0.25, 0.3) is 0 Å². The van der Waals surface area contributed by atoms with E-state index in [2.05, 4.69) is 54.9 Å². The van der Waals surface area contributed by atoms with E-state index in [0.29, 0.717) is 13.1 Å². The van der Waals surface area contributed by atoms with E-state index in [4.69, 9.17) is 4.74 Å². The Morgan fingerprint density at radius 2 is 1.68 bits per heavy atom. The summed E-state index contributed by atoms with van der Waals surface area (Å²) in [6, 6.07) is 16.1. The van der Waals surface area contributed by atoms with Crippen LogP contribution in [0.15, 0.2) is 48.5 Å². The van der Waals surface area contributed by atoms with Gasteiger partial charge >= 0.3 is 6.03 Å². The Hall–Kier alpha value is -3.02. The van der Waals surface area contributed by atoms with Gasteiger partial charge in [0.15, 0.2) is 0 Å². The molecule has 6 heteroatoms. The summed E-state index contributed by atoms with van der Waals surface area (Å²) in [6.07, 6.45) is 3.77. The highest BCUT2D eigenvalue weighted by Gasteiger charge is 2.55. The quantitative estimate of drug-likeness (QED) is 0.541. The molecule has 182 valence electrons. The first-order valence-corrected chi connectivity index (χ1v) is 12.2. The number of hydrogen-bond donors (Lipinski definition) is 3. The minimum Gasteiger partial charge on any atom is -0.497 e. The zero-order chi connectivity index (χ0) is 24.3. The molecule has 2 saturated carbocycles. The maximum atomic E-state index is 12.7. The van der Waals surface area contributed by atoms with E-state index in [1.165, 1.54) is 11.1 Å². The average Bonchev–Trinajstić information content (AvgIpc) is 2.77. The summed E-state index contributed by atoms with van der Waals surface area (Å²) in [5, 5.41) is 9.18. The van der Waals surface area contributed by atoms with Gasteiger partial charge in [0.05, 0.1) is 7.11 Å². The van der Waals surface area contributed by atoms with Crippen molar-refractivity contribution < 1.29 is 14.3 Å². The highest BCUT2D eigenvalue weighted by atomic mass is 16.5. The van der Waals surface area contributed by atoms with Gasteiger partial charge < -0.3 is 20.7 Å². The predicted octanol–water partition coefficient (Wildman–Crippen LogP) is 4.46. The van der Waals surface area contributed by atoms with E-state index >= 15 is 0 Å². The summed E-state index contributed by atoms with van der Waals surface area (Å²) in [5.74, 6) is 1.06. The molecular formula is C28H37N3O3. The lowest BCUT2D eigenvalue weighted by Gasteiger charge is -2.57. The number of benzene rings is 2. The van der Waals surface area contributed by atoms with Crippen LogP contribution in [0.5, 0.6) is 5.75 Å². The molecule has 34 heavy (non-hydrogen) atoms. The van der Waals surface area contributed by atoms with E-state index in [0.717, 1.165) is 37.0 Å². The van der Waals surface area contributed by atoms with Crippen molar-refractivity contribution >= 4 is 11.9 Å². The zero-order valence-electron chi connectivity index (χ0n) is 20.7. The molecule has 2 aliphatic carbocycles. The first-order valence-electron chi connectivity index (χ1n) is 12.2. The van der Waals surface area contributed by atoms with Crippen LogP contribution >= 0.6 is 0 Å². The van der Waals surface area contributed by atoms with Crippen molar-refractivity contribution in [3.63, 3.8) is 0 Å². The number of urea groups is 1. The van der Waals surface area contributed by atoms with Crippen LogP contribution in [0.4, 0.5) is 4.79 Å². The Bertz CT molecular complexity index is 1020. The summed E-state index contributed by atoms with van der Waals surface area (Å²) in [5.41, 5.74) is 3.69. The summed E-state index contributed by atoms with van der Waals surface area (Å²) < 4.78 is 5.15. The van der Waals surface area contributed by atoms with Crippen molar-refractivity contribution in [2.24, 2.45) is 11.3 Å². The van der Waals surface area contributed by atoms with Gasteiger partial charge in [-0.05, 0) is 66.8 Å². The summed E-state index contributed by atoms with van der Waals surface area (Å²) in [7, 11) is 1.64. The van der Waals surface area contributed by atoms with Crippen molar-refractivity contribution in [1.82, 2.24) is 16.0 Å². The van der Waals surface area contributed by atoms with Gasteiger partial charge in [-0.15, -0.1) is 0 Å². The molecule has 1 spiro atoms. The first-order chi connectivity index (χ1) is 16.2. The Kier molecular flexibility index (Phi) is 6.87. The third kappa shape index (κ3) is 5.37. The standard InChI is InChI=1S/C28H37N3O3/c1-19-7-5-6-8-24(19)27(2,3)18-30-25(32)21-13-28(14-21)15-22(16-28)31-26(33)29-17-20-9-11-23(34-4)12-10-20/h5-12,21-22H,13-18H2,1-4H3,(H,30,32)(H2,29,31,33). The highest BCUT2D eigenvalue weighted by Crippen LogP contribution is 2.58. The van der Waals surface area contributed by atoms with Crippen molar-refractivity contribution in [1.29, 1.82) is 0 Å². The van der Waals surface area contributed by atoms with Gasteiger partial charge in [-0.2, -0.15) is 0 Å². The molecule has 0 heterocycles. The van der Waals surface area contributed by atoms with E-state index in [1.807, 2.05) is 30.3 Å². The molecule has 2 aromatic rings. The normalized spacial score (nSPS) is 23.4. The second-order valence-corrected chi connectivity index (χ2v) is 10.8. The minimum atomic E-state index is -0.136. The lowest BCUT2D eigenvalue weighted by atomic mass is 9.50. The molecule has 0 unspecified atom stereocenters. The van der Waals surface area contributed by atoms with Crippen molar-refractivity contribution in [3.8, 4) is 5.75 Å². The lowest BCUT2D eigenvalue weighted by Crippen LogP contribution is -2.59. The van der Waals surface area contributed by atoms with Crippen LogP contribution in [0, 0.1) is 18.3 Å². The third-order valence-corrected chi connectivity index (χ3v) is 7.61. The molecule has 0 saturated heterocycles. The van der Waals surface area contributed by atoms with Crippen LogP contribution in [-0.4, -0.2) is 31.6 Å². The van der Waals surface area contributed by atoms with Gasteiger partial charge in [0, 0.05) is 30.5 Å². The van der Waals surface area contributed by atoms with E-state index < -0.39 is 0 Å². The Morgan fingerprint density at radius 3 is 2.32 bits per heavy atom. The zero-order valence-corrected chi connectivity index (χ0v) is 20.7. The van der Waals surface area contributed by atoms with Crippen LogP contribution in [0.1, 0.15) is 56.2 Å². The number of ether oxygens (including phenoxy) is 1. The van der Waals surface area contributed by atoms with E-state index in [-0.39, 0.29) is 34.7 Å². The maximum Gasteiger partial charge on any atom is 0.315 e. The first kappa shape index (κ1) is 24.1. The smallest absolute Gasteiger partial charge is 0.315 e. The second kappa shape index (κ2) is 9.69. The van der Waals surface area contributed by atoms with Crippen molar-refractivity contribution in [3.05, 3.63) is 65.2 Å². The molecule has 4 rings (SSSR count). The molecule has 0 aliphatic heterocycles. The fourth-order valence-electron chi connectivity index (χ4n) is 5.63. The second-order valence-electron chi connectivity index (χ2n) is 10.8. The topological polar surface area (TPSA) is 79.5 Å². The maximum absolute atomic E-state index is 12.7. The predicted molar refractivity (Wildman–Crippen MR) is 134 cm³/mol. The largest absolute Gasteiger partial charge is 0.497 e. The molecule has 2 fully saturated rings. The van der Waals surface area contributed by atoms with Gasteiger partial charge in [-0.3, -0.25) is 4.79 Å². The molecule has 3 N–H and O–H groups in total. The molecule has 0 bridgehead atoms. The Labute approximate surface area is 202 Å². The van der Waals surface area contributed by atoms with Gasteiger partial charge in [0.1, 0.15) is 5.75 Å². The monoisotopic (exact) mass is 463 g/mol. The van der Waals surface area contributed by atoms with Crippen LogP contribution in [0.2, 0.25) is 0 Å². The van der Waals surface area contributed by atoms with E-state index in [9.17, 15) is 9.59 Å². The molecule has 0 atom stereocenters. The summed E-state index contributed by atoms with van der Waals surface area (Å²) >= 11 is 0. The van der Waals surface area contributed by atoms with Gasteiger partial charge in [-0.25, -0.2) is 4.79 Å². The fraction of sp³-hybridized carbons (Fsp3) is 0.500. The summed E-state index contributed by atoms with van der Waals surface area (Å²) in [6.45, 7) is 7.60. The number of hydrogen-bond acceptors (Lipinski definition) is 3. The van der Waals surface area contributed by atoms with Crippen LogP contribution in [-0.2, 0) is 16.8 Å². The molecule has 2 aromatic carbocycles. The van der Waals surface area contributed by atoms with Gasteiger partial charge in [0.2, 0.25) is 5.91 Å². The van der Waals surface area contributed by atoms with E-state index in [1.54, 1.807) is 7.11 Å². The number of amides is 3. The molecule has 6 nitrogen and oxygen atoms in total. The number of rotatable bonds is 8. The Morgan fingerprint density at radius 1 is 1.00 bits per heavy atom. The summed E-state index contributed by atoms with van der Waals surface area (Å²) in [4.78, 5) is 25.0. The molecule has 2 aliphatic rings. The van der Waals surface area contributed by atoms with Crippen LogP contribution < -0.4 is 20.7 Å². The molecule has 3 amide bonds. The average molecular weight is 464 g/mol. The van der Waals surface area contributed by atoms with Gasteiger partial charge in [0.25, 0.3) is 0 Å². The van der Waals surface area contributed by atoms with Gasteiger partial charge in [-0.1, -0.05) is 50.2 Å². The van der Waals surface area contributed by atoms with Crippen LogP contribution in [0.3, 0.4) is 0 Å². The van der Waals surface area contributed by atoms with Crippen molar-refractivity contribution in [2.45, 2.75) is 64.5 Å². The molecule has 0 radical (unpaired) electrons. The Balaban J connectivity index is 1.14. The number of carbonyl (C=O) groups is 2. The number of aryl methyl sites for hydroxylation is 1. The molecular weight excluding hydrogens is 426 g/mol. The number of methoxy groups -OCH3 is 1. The third-order valence-electron chi connectivity index (χ3n) is 7.61.